The van der Waals surface area contributed by atoms with Gasteiger partial charge in [0.15, 0.2) is 0 Å². The number of anilines is 1. The smallest absolute Gasteiger partial charge is 0.255 e. The van der Waals surface area contributed by atoms with Gasteiger partial charge in [-0.1, -0.05) is 30.3 Å². The maximum atomic E-state index is 12.3. The highest BCUT2D eigenvalue weighted by Crippen LogP contribution is 2.24. The first kappa shape index (κ1) is 16.1. The average Bonchev–Trinajstić information content (AvgIpc) is 2.50. The molecule has 0 bridgehead atoms. The minimum Gasteiger partial charge on any atom is -0.489 e. The summed E-state index contributed by atoms with van der Waals surface area (Å²) >= 11 is 6.06. The van der Waals surface area contributed by atoms with Gasteiger partial charge in [-0.2, -0.15) is 0 Å². The van der Waals surface area contributed by atoms with Crippen molar-refractivity contribution in [3.8, 4) is 5.75 Å². The van der Waals surface area contributed by atoms with Crippen molar-refractivity contribution < 1.29 is 9.53 Å². The fourth-order valence-corrected chi connectivity index (χ4v) is 2.05. The molecule has 22 heavy (non-hydrogen) atoms. The van der Waals surface area contributed by atoms with Crippen molar-refractivity contribution in [1.29, 1.82) is 0 Å². The van der Waals surface area contributed by atoms with E-state index in [0.717, 1.165) is 11.1 Å². The summed E-state index contributed by atoms with van der Waals surface area (Å²) in [5.74, 6) is 0.435. The lowest BCUT2D eigenvalue weighted by Gasteiger charge is -2.11. The van der Waals surface area contributed by atoms with Gasteiger partial charge in [0.2, 0.25) is 0 Å². The van der Waals surface area contributed by atoms with Gasteiger partial charge in [-0.05, 0) is 55.3 Å². The number of halogens is 1. The van der Waals surface area contributed by atoms with Crippen LogP contribution in [0.2, 0.25) is 5.02 Å². The molecule has 1 N–H and O–H groups in total. The molecule has 114 valence electrons. The molecule has 0 aliphatic rings. The van der Waals surface area contributed by atoms with Crippen molar-refractivity contribution in [3.05, 3.63) is 70.8 Å². The predicted molar refractivity (Wildman–Crippen MR) is 90.9 cm³/mol. The molecule has 2 rings (SSSR count). The van der Waals surface area contributed by atoms with Gasteiger partial charge in [0.1, 0.15) is 12.4 Å². The van der Waals surface area contributed by atoms with E-state index < -0.39 is 0 Å². The molecule has 0 aliphatic carbocycles. The van der Waals surface area contributed by atoms with E-state index in [1.165, 1.54) is 0 Å². The van der Waals surface area contributed by atoms with E-state index in [2.05, 4.69) is 11.9 Å². The first-order valence-electron chi connectivity index (χ1n) is 6.91. The lowest BCUT2D eigenvalue weighted by Crippen LogP contribution is -2.13. The van der Waals surface area contributed by atoms with Gasteiger partial charge >= 0.3 is 0 Å². The summed E-state index contributed by atoms with van der Waals surface area (Å²) in [4.78, 5) is 12.3. The molecular formula is C18H18ClNO2. The summed E-state index contributed by atoms with van der Waals surface area (Å²) in [6.45, 7) is 7.97. The van der Waals surface area contributed by atoms with Crippen molar-refractivity contribution >= 4 is 23.2 Å². The van der Waals surface area contributed by atoms with Crippen LogP contribution < -0.4 is 10.1 Å². The highest BCUT2D eigenvalue weighted by atomic mass is 35.5. The Labute approximate surface area is 135 Å². The molecule has 0 aliphatic heterocycles. The van der Waals surface area contributed by atoms with Crippen LogP contribution in [0.25, 0.3) is 0 Å². The minimum absolute atomic E-state index is 0.203. The largest absolute Gasteiger partial charge is 0.489 e. The fourth-order valence-electron chi connectivity index (χ4n) is 1.87. The molecule has 0 atom stereocenters. The van der Waals surface area contributed by atoms with E-state index in [4.69, 9.17) is 16.3 Å². The Kier molecular flexibility index (Phi) is 5.23. The number of hydrogen-bond donors (Lipinski definition) is 1. The molecular weight excluding hydrogens is 298 g/mol. The van der Waals surface area contributed by atoms with E-state index in [-0.39, 0.29) is 5.91 Å². The monoisotopic (exact) mass is 315 g/mol. The number of nitrogens with one attached hydrogen (secondary N) is 1. The number of carbonyl (C=O) groups excluding carboxylic acids is 1. The molecule has 0 spiro atoms. The number of hydrogen-bond acceptors (Lipinski definition) is 2. The number of benzene rings is 2. The molecule has 0 radical (unpaired) electrons. The summed E-state index contributed by atoms with van der Waals surface area (Å²) < 4.78 is 5.55. The molecule has 2 aromatic rings. The molecule has 0 fully saturated rings. The second-order valence-corrected chi connectivity index (χ2v) is 5.55. The number of carbonyl (C=O) groups is 1. The number of rotatable bonds is 5. The first-order valence-corrected chi connectivity index (χ1v) is 7.29. The third-order valence-corrected chi connectivity index (χ3v) is 3.51. The Morgan fingerprint density at radius 1 is 1.27 bits per heavy atom. The quantitative estimate of drug-likeness (QED) is 0.800. The van der Waals surface area contributed by atoms with E-state index in [1.807, 2.05) is 26.0 Å². The Hall–Kier alpha value is -2.26. The third-order valence-electron chi connectivity index (χ3n) is 3.10. The van der Waals surface area contributed by atoms with Crippen LogP contribution >= 0.6 is 11.6 Å². The minimum atomic E-state index is -0.203. The average molecular weight is 316 g/mol. The zero-order valence-corrected chi connectivity index (χ0v) is 13.4. The van der Waals surface area contributed by atoms with Gasteiger partial charge < -0.3 is 10.1 Å². The number of ether oxygens (including phenoxy) is 1. The molecule has 0 saturated heterocycles. The van der Waals surface area contributed by atoms with Crippen LogP contribution in [0.3, 0.4) is 0 Å². The second-order valence-electron chi connectivity index (χ2n) is 5.14. The van der Waals surface area contributed by atoms with Gasteiger partial charge in [-0.3, -0.25) is 4.79 Å². The van der Waals surface area contributed by atoms with Crippen molar-refractivity contribution in [1.82, 2.24) is 0 Å². The van der Waals surface area contributed by atoms with E-state index in [9.17, 15) is 4.79 Å². The maximum Gasteiger partial charge on any atom is 0.255 e. The fraction of sp³-hybridized carbons (Fsp3) is 0.167. The molecule has 0 saturated carbocycles. The van der Waals surface area contributed by atoms with Crippen LogP contribution in [-0.2, 0) is 0 Å². The molecule has 3 nitrogen and oxygen atoms in total. The van der Waals surface area contributed by atoms with E-state index >= 15 is 0 Å². The summed E-state index contributed by atoms with van der Waals surface area (Å²) in [5.41, 5.74) is 2.99. The Morgan fingerprint density at radius 2 is 2.00 bits per heavy atom. The summed E-state index contributed by atoms with van der Waals surface area (Å²) in [5, 5.41) is 3.48. The lowest BCUT2D eigenvalue weighted by molar-refractivity contribution is 0.102. The van der Waals surface area contributed by atoms with Gasteiger partial charge in [-0.25, -0.2) is 0 Å². The Morgan fingerprint density at radius 3 is 2.73 bits per heavy atom. The maximum absolute atomic E-state index is 12.3. The molecule has 2 aromatic carbocycles. The van der Waals surface area contributed by atoms with Gasteiger partial charge in [0.05, 0.1) is 0 Å². The van der Waals surface area contributed by atoms with E-state index in [1.54, 1.807) is 30.3 Å². The summed E-state index contributed by atoms with van der Waals surface area (Å²) in [6.07, 6.45) is 0. The number of amides is 1. The Bertz CT molecular complexity index is 710. The molecule has 1 amide bonds. The Balaban J connectivity index is 2.14. The van der Waals surface area contributed by atoms with Gasteiger partial charge in [0.25, 0.3) is 5.91 Å². The topological polar surface area (TPSA) is 38.3 Å². The zero-order chi connectivity index (χ0) is 16.1. The summed E-state index contributed by atoms with van der Waals surface area (Å²) in [6, 6.07) is 12.5. The van der Waals surface area contributed by atoms with Crippen molar-refractivity contribution in [2.24, 2.45) is 0 Å². The van der Waals surface area contributed by atoms with Crippen LogP contribution in [0.1, 0.15) is 22.8 Å². The molecule has 0 aromatic heterocycles. The molecule has 0 unspecified atom stereocenters. The highest BCUT2D eigenvalue weighted by Gasteiger charge is 2.10. The highest BCUT2D eigenvalue weighted by molar-refractivity contribution is 6.31. The second kappa shape index (κ2) is 7.14. The first-order chi connectivity index (χ1) is 10.5. The standard InChI is InChI=1S/C18H18ClNO2/c1-12(2)11-22-15-7-4-6-14(10-15)18(21)20-17-9-5-8-16(19)13(17)3/h4-10H,1,11H2,2-3H3,(H,20,21). The van der Waals surface area contributed by atoms with Crippen LogP contribution in [0, 0.1) is 6.92 Å². The van der Waals surface area contributed by atoms with Crippen LogP contribution in [0.4, 0.5) is 5.69 Å². The molecule has 4 heteroatoms. The lowest BCUT2D eigenvalue weighted by atomic mass is 10.1. The van der Waals surface area contributed by atoms with Gasteiger partial charge in [-0.15, -0.1) is 0 Å². The van der Waals surface area contributed by atoms with E-state index in [0.29, 0.717) is 28.6 Å². The zero-order valence-electron chi connectivity index (χ0n) is 12.7. The SMILES string of the molecule is C=C(C)COc1cccc(C(=O)Nc2cccc(Cl)c2C)c1. The van der Waals surface area contributed by atoms with Crippen molar-refractivity contribution in [3.63, 3.8) is 0 Å². The summed E-state index contributed by atoms with van der Waals surface area (Å²) in [7, 11) is 0. The van der Waals surface area contributed by atoms with Crippen LogP contribution in [-0.4, -0.2) is 12.5 Å². The predicted octanol–water partition coefficient (Wildman–Crippen LogP) is 4.86. The van der Waals surface area contributed by atoms with Crippen molar-refractivity contribution in [2.75, 3.05) is 11.9 Å². The van der Waals surface area contributed by atoms with Gasteiger partial charge in [0, 0.05) is 16.3 Å². The normalized spacial score (nSPS) is 10.1. The van der Waals surface area contributed by atoms with Crippen molar-refractivity contribution in [2.45, 2.75) is 13.8 Å². The molecule has 0 heterocycles. The van der Waals surface area contributed by atoms with Crippen LogP contribution in [0.15, 0.2) is 54.6 Å². The third kappa shape index (κ3) is 4.12. The van der Waals surface area contributed by atoms with Crippen LogP contribution in [0.5, 0.6) is 5.75 Å².